The predicted molar refractivity (Wildman–Crippen MR) is 113 cm³/mol. The topological polar surface area (TPSA) is 49.2 Å². The molecule has 2 aromatic rings. The molecule has 28 heavy (non-hydrogen) atoms. The molecule has 0 unspecified atom stereocenters. The van der Waals surface area contributed by atoms with Gasteiger partial charge in [0.2, 0.25) is 0 Å². The first-order valence-electron chi connectivity index (χ1n) is 9.82. The molecule has 1 aliphatic rings. The molecule has 0 spiro atoms. The molecule has 1 saturated heterocycles. The number of methoxy groups -OCH3 is 1. The molecule has 6 nitrogen and oxygen atoms in total. The van der Waals surface area contributed by atoms with Crippen LogP contribution in [0, 0.1) is 0 Å². The maximum absolute atomic E-state index is 11.7. The van der Waals surface area contributed by atoms with E-state index in [-0.39, 0.29) is 12.1 Å². The van der Waals surface area contributed by atoms with Crippen molar-refractivity contribution in [1.29, 1.82) is 0 Å². The van der Waals surface area contributed by atoms with Gasteiger partial charge in [-0.15, -0.1) is 0 Å². The first-order chi connectivity index (χ1) is 13.6. The second-order valence-electron chi connectivity index (χ2n) is 7.39. The molecule has 0 bridgehead atoms. The van der Waals surface area contributed by atoms with Gasteiger partial charge in [0.1, 0.15) is 6.04 Å². The van der Waals surface area contributed by atoms with Crippen LogP contribution in [0.15, 0.2) is 54.6 Å². The van der Waals surface area contributed by atoms with Gasteiger partial charge in [0.25, 0.3) is 0 Å². The molecule has 150 valence electrons. The van der Waals surface area contributed by atoms with Crippen molar-refractivity contribution in [1.82, 2.24) is 5.32 Å². The number of carbonyl (C=O) groups is 1. The van der Waals surface area contributed by atoms with E-state index in [9.17, 15) is 4.79 Å². The summed E-state index contributed by atoms with van der Waals surface area (Å²) in [4.78, 5) is 17.7. The first-order valence-corrected chi connectivity index (χ1v) is 9.82. The van der Waals surface area contributed by atoms with Crippen molar-refractivity contribution < 1.29 is 14.4 Å². The second-order valence-corrected chi connectivity index (χ2v) is 7.39. The maximum Gasteiger partial charge on any atom is 0.407 e. The molecule has 6 heteroatoms. The third-order valence-corrected chi connectivity index (χ3v) is 5.47. The van der Waals surface area contributed by atoms with Crippen LogP contribution < -0.4 is 20.0 Å². The summed E-state index contributed by atoms with van der Waals surface area (Å²) in [6.45, 7) is 4.62. The first kappa shape index (κ1) is 20.0. The number of para-hydroxylation sites is 1. The van der Waals surface area contributed by atoms with Crippen molar-refractivity contribution in [3.63, 3.8) is 0 Å². The highest BCUT2D eigenvalue weighted by molar-refractivity contribution is 5.66. The zero-order valence-corrected chi connectivity index (χ0v) is 17.0. The fraction of sp³-hybridized carbons (Fsp3) is 0.409. The van der Waals surface area contributed by atoms with Crippen molar-refractivity contribution in [2.24, 2.45) is 0 Å². The smallest absolute Gasteiger partial charge is 0.407 e. The van der Waals surface area contributed by atoms with Crippen LogP contribution in [-0.2, 0) is 4.74 Å². The van der Waals surface area contributed by atoms with Gasteiger partial charge >= 0.3 is 6.09 Å². The number of alkyl carbamates (subject to hydrolysis) is 1. The van der Waals surface area contributed by atoms with Gasteiger partial charge in [0.15, 0.2) is 0 Å². The third-order valence-electron chi connectivity index (χ3n) is 5.47. The van der Waals surface area contributed by atoms with Gasteiger partial charge in [-0.2, -0.15) is 0 Å². The Bertz CT molecular complexity index is 741. The van der Waals surface area contributed by atoms with Crippen molar-refractivity contribution in [3.05, 3.63) is 60.2 Å². The summed E-state index contributed by atoms with van der Waals surface area (Å²) in [7, 11) is 5.49. The van der Waals surface area contributed by atoms with Crippen LogP contribution in [0.5, 0.6) is 0 Å². The third kappa shape index (κ3) is 4.95. The van der Waals surface area contributed by atoms with Gasteiger partial charge in [-0.1, -0.05) is 30.3 Å². The molecule has 0 aliphatic carbocycles. The molecular weight excluding hydrogens is 352 g/mol. The maximum atomic E-state index is 11.7. The molecule has 0 aromatic heterocycles. The zero-order chi connectivity index (χ0) is 19.9. The summed E-state index contributed by atoms with van der Waals surface area (Å²) in [5.41, 5.74) is 3.69. The van der Waals surface area contributed by atoms with E-state index in [1.165, 1.54) is 28.9 Å². The number of nitrogens with one attached hydrogen (secondary N) is 2. The van der Waals surface area contributed by atoms with E-state index in [2.05, 4.69) is 69.7 Å². The average molecular weight is 384 g/mol. The standard InChI is InChI=1S/C22H30N4O2/c1-24(2)19-11-9-18(10-12-19)21(17-23-22(27)28-3)26-15-13-25(14-16-26)20-7-5-4-6-8-20/h4-12,21H,13-17H2,1-3H3,(H,23,27)/p+1/t21-/m1/s1. The van der Waals surface area contributed by atoms with E-state index < -0.39 is 0 Å². The van der Waals surface area contributed by atoms with E-state index in [1.54, 1.807) is 0 Å². The van der Waals surface area contributed by atoms with Crippen LogP contribution in [0.2, 0.25) is 0 Å². The Labute approximate surface area is 167 Å². The van der Waals surface area contributed by atoms with Gasteiger partial charge in [0.05, 0.1) is 39.8 Å². The lowest BCUT2D eigenvalue weighted by molar-refractivity contribution is -0.931. The average Bonchev–Trinajstić information content (AvgIpc) is 2.75. The monoisotopic (exact) mass is 383 g/mol. The Morgan fingerprint density at radius 1 is 1.11 bits per heavy atom. The van der Waals surface area contributed by atoms with E-state index in [4.69, 9.17) is 4.74 Å². The minimum atomic E-state index is -0.378. The molecule has 2 aromatic carbocycles. The molecular formula is C22H31N4O2+. The van der Waals surface area contributed by atoms with Crippen molar-refractivity contribution in [2.75, 3.05) is 63.7 Å². The van der Waals surface area contributed by atoms with Gasteiger partial charge in [0, 0.05) is 31.0 Å². The fourth-order valence-electron chi connectivity index (χ4n) is 3.80. The number of rotatable bonds is 6. The molecule has 1 aliphatic heterocycles. The number of ether oxygens (including phenoxy) is 1. The SMILES string of the molecule is COC(=O)NC[C@H](c1ccc(N(C)C)cc1)[NH+]1CCN(c2ccccc2)CC1. The number of hydrogen-bond acceptors (Lipinski definition) is 4. The predicted octanol–water partition coefficient (Wildman–Crippen LogP) is 1.55. The van der Waals surface area contributed by atoms with E-state index >= 15 is 0 Å². The highest BCUT2D eigenvalue weighted by Crippen LogP contribution is 2.17. The Hall–Kier alpha value is -2.73. The van der Waals surface area contributed by atoms with Crippen molar-refractivity contribution in [2.45, 2.75) is 6.04 Å². The lowest BCUT2D eigenvalue weighted by Crippen LogP contribution is -3.15. The summed E-state index contributed by atoms with van der Waals surface area (Å²) >= 11 is 0. The number of carbonyl (C=O) groups excluding carboxylic acids is 1. The summed E-state index contributed by atoms with van der Waals surface area (Å²) in [6.07, 6.45) is -0.378. The van der Waals surface area contributed by atoms with E-state index in [1.807, 2.05) is 14.1 Å². The van der Waals surface area contributed by atoms with Crippen LogP contribution >= 0.6 is 0 Å². The highest BCUT2D eigenvalue weighted by Gasteiger charge is 2.29. The van der Waals surface area contributed by atoms with Crippen molar-refractivity contribution >= 4 is 17.5 Å². The fourth-order valence-corrected chi connectivity index (χ4v) is 3.80. The summed E-state index contributed by atoms with van der Waals surface area (Å²) < 4.78 is 4.78. The molecule has 3 rings (SSSR count). The molecule has 0 radical (unpaired) electrons. The summed E-state index contributed by atoms with van der Waals surface area (Å²) in [5, 5.41) is 2.90. The molecule has 1 atom stereocenters. The number of amides is 1. The Balaban J connectivity index is 1.71. The molecule has 1 heterocycles. The van der Waals surface area contributed by atoms with Gasteiger partial charge < -0.3 is 24.8 Å². The largest absolute Gasteiger partial charge is 0.453 e. The number of benzene rings is 2. The normalized spacial score (nSPS) is 15.8. The summed E-state index contributed by atoms with van der Waals surface area (Å²) in [5.74, 6) is 0. The zero-order valence-electron chi connectivity index (χ0n) is 17.0. The number of hydrogen-bond donors (Lipinski definition) is 2. The quantitative estimate of drug-likeness (QED) is 0.795. The van der Waals surface area contributed by atoms with Gasteiger partial charge in [-0.25, -0.2) is 4.79 Å². The number of nitrogens with zero attached hydrogens (tertiary/aromatic N) is 2. The van der Waals surface area contributed by atoms with Crippen LogP contribution in [0.1, 0.15) is 11.6 Å². The molecule has 1 amide bonds. The number of anilines is 2. The second kappa shape index (κ2) is 9.46. The van der Waals surface area contributed by atoms with Crippen LogP contribution in [0.3, 0.4) is 0 Å². The van der Waals surface area contributed by atoms with Crippen LogP contribution in [0.4, 0.5) is 16.2 Å². The minimum absolute atomic E-state index is 0.202. The molecule has 1 fully saturated rings. The molecule has 0 saturated carbocycles. The van der Waals surface area contributed by atoms with Crippen LogP contribution in [0.25, 0.3) is 0 Å². The lowest BCUT2D eigenvalue weighted by Gasteiger charge is -2.37. The Morgan fingerprint density at radius 3 is 2.32 bits per heavy atom. The van der Waals surface area contributed by atoms with E-state index in [0.29, 0.717) is 6.54 Å². The number of piperazine rings is 1. The molecule has 2 N–H and O–H groups in total. The minimum Gasteiger partial charge on any atom is -0.453 e. The van der Waals surface area contributed by atoms with Crippen LogP contribution in [-0.4, -0.2) is 60.0 Å². The lowest BCUT2D eigenvalue weighted by atomic mass is 10.0. The van der Waals surface area contributed by atoms with E-state index in [0.717, 1.165) is 26.2 Å². The van der Waals surface area contributed by atoms with Gasteiger partial charge in [-0.05, 0) is 24.3 Å². The Kier molecular flexibility index (Phi) is 6.76. The number of quaternary nitrogens is 1. The highest BCUT2D eigenvalue weighted by atomic mass is 16.5. The summed E-state index contributed by atoms with van der Waals surface area (Å²) in [6, 6.07) is 19.4. The Morgan fingerprint density at radius 2 is 1.75 bits per heavy atom. The van der Waals surface area contributed by atoms with Crippen molar-refractivity contribution in [3.8, 4) is 0 Å². The van der Waals surface area contributed by atoms with Gasteiger partial charge in [-0.3, -0.25) is 0 Å².